The molecule has 1 fully saturated rings. The van der Waals surface area contributed by atoms with E-state index in [-0.39, 0.29) is 23.6 Å². The van der Waals surface area contributed by atoms with Gasteiger partial charge in [-0.25, -0.2) is 0 Å². The molecule has 23 heavy (non-hydrogen) atoms. The van der Waals surface area contributed by atoms with E-state index in [1.807, 2.05) is 0 Å². The van der Waals surface area contributed by atoms with Crippen LogP contribution in [0.2, 0.25) is 0 Å². The SMILES string of the molecule is Cc1cc(NC(=O)CSCC(=O)NC2[C@H](C)CCC[C@@H]2C)no1. The Labute approximate surface area is 141 Å². The molecule has 3 atom stereocenters. The van der Waals surface area contributed by atoms with E-state index in [1.165, 1.54) is 31.0 Å². The van der Waals surface area contributed by atoms with Crippen LogP contribution < -0.4 is 10.6 Å². The number of thioether (sulfide) groups is 1. The maximum absolute atomic E-state index is 12.1. The summed E-state index contributed by atoms with van der Waals surface area (Å²) in [5, 5.41) is 9.46. The topological polar surface area (TPSA) is 84.2 Å². The first-order chi connectivity index (χ1) is 11.0. The van der Waals surface area contributed by atoms with Crippen molar-refractivity contribution in [2.45, 2.75) is 46.1 Å². The number of nitrogens with zero attached hydrogens (tertiary/aromatic N) is 1. The molecule has 2 rings (SSSR count). The standard InChI is InChI=1S/C16H25N3O3S/c1-10-5-4-6-11(2)16(10)18-15(21)9-23-8-14(20)17-13-7-12(3)22-19-13/h7,10-11,16H,4-6,8-9H2,1-3H3,(H,18,21)(H,17,19,20)/t10-,11+,16?. The van der Waals surface area contributed by atoms with Gasteiger partial charge in [-0.1, -0.05) is 25.4 Å². The molecule has 0 aromatic carbocycles. The molecule has 0 saturated heterocycles. The summed E-state index contributed by atoms with van der Waals surface area (Å²) in [5.74, 6) is 2.42. The number of nitrogens with one attached hydrogen (secondary N) is 2. The third-order valence-electron chi connectivity index (χ3n) is 4.23. The van der Waals surface area contributed by atoms with Gasteiger partial charge in [0.15, 0.2) is 5.82 Å². The molecule has 7 heteroatoms. The van der Waals surface area contributed by atoms with Crippen molar-refractivity contribution in [2.75, 3.05) is 16.8 Å². The molecule has 0 aliphatic heterocycles. The van der Waals surface area contributed by atoms with Crippen LogP contribution >= 0.6 is 11.8 Å². The van der Waals surface area contributed by atoms with Gasteiger partial charge in [0.25, 0.3) is 0 Å². The van der Waals surface area contributed by atoms with E-state index < -0.39 is 0 Å². The maximum Gasteiger partial charge on any atom is 0.235 e. The summed E-state index contributed by atoms with van der Waals surface area (Å²) >= 11 is 1.30. The number of aromatic nitrogens is 1. The largest absolute Gasteiger partial charge is 0.360 e. The molecule has 1 unspecified atom stereocenters. The highest BCUT2D eigenvalue weighted by molar-refractivity contribution is 8.00. The Kier molecular flexibility index (Phi) is 6.50. The Morgan fingerprint density at radius 1 is 1.26 bits per heavy atom. The molecule has 1 aromatic rings. The molecule has 6 nitrogen and oxygen atoms in total. The fraction of sp³-hybridized carbons (Fsp3) is 0.688. The minimum Gasteiger partial charge on any atom is -0.360 e. The minimum atomic E-state index is -0.185. The molecule has 1 aliphatic carbocycles. The minimum absolute atomic E-state index is 0.00526. The summed E-state index contributed by atoms with van der Waals surface area (Å²) in [6, 6.07) is 1.91. The predicted molar refractivity (Wildman–Crippen MR) is 91.3 cm³/mol. The lowest BCUT2D eigenvalue weighted by Crippen LogP contribution is -2.46. The average Bonchev–Trinajstić information content (AvgIpc) is 2.88. The number of aryl methyl sites for hydroxylation is 1. The van der Waals surface area contributed by atoms with Crippen LogP contribution in [0, 0.1) is 18.8 Å². The van der Waals surface area contributed by atoms with Crippen LogP contribution in [0.4, 0.5) is 5.82 Å². The maximum atomic E-state index is 12.1. The third-order valence-corrected chi connectivity index (χ3v) is 5.17. The molecule has 1 aromatic heterocycles. The van der Waals surface area contributed by atoms with E-state index in [1.54, 1.807) is 13.0 Å². The van der Waals surface area contributed by atoms with Crippen molar-refractivity contribution in [2.24, 2.45) is 11.8 Å². The number of amides is 2. The van der Waals surface area contributed by atoms with Crippen LogP contribution in [0.1, 0.15) is 38.9 Å². The van der Waals surface area contributed by atoms with Crippen molar-refractivity contribution >= 4 is 29.4 Å². The number of rotatable bonds is 6. The summed E-state index contributed by atoms with van der Waals surface area (Å²) in [6.45, 7) is 6.15. The molecule has 128 valence electrons. The molecule has 2 amide bonds. The van der Waals surface area contributed by atoms with Gasteiger partial charge in [0.05, 0.1) is 11.5 Å². The second-order valence-electron chi connectivity index (χ2n) is 6.34. The summed E-state index contributed by atoms with van der Waals surface area (Å²) < 4.78 is 4.88. The predicted octanol–water partition coefficient (Wildman–Crippen LogP) is 2.60. The van der Waals surface area contributed by atoms with Gasteiger partial charge in [0, 0.05) is 12.1 Å². The van der Waals surface area contributed by atoms with Crippen LogP contribution in [0.3, 0.4) is 0 Å². The summed E-state index contributed by atoms with van der Waals surface area (Å²) in [5.41, 5.74) is 0. The van der Waals surface area contributed by atoms with Crippen molar-refractivity contribution < 1.29 is 14.1 Å². The number of anilines is 1. The zero-order valence-corrected chi connectivity index (χ0v) is 14.7. The van der Waals surface area contributed by atoms with Crippen LogP contribution in [0.15, 0.2) is 10.6 Å². The zero-order chi connectivity index (χ0) is 16.8. The highest BCUT2D eigenvalue weighted by Crippen LogP contribution is 2.28. The van der Waals surface area contributed by atoms with Gasteiger partial charge >= 0.3 is 0 Å². The quantitative estimate of drug-likeness (QED) is 0.832. The number of carbonyl (C=O) groups excluding carboxylic acids is 2. The molecule has 0 spiro atoms. The van der Waals surface area contributed by atoms with Crippen LogP contribution in [0.5, 0.6) is 0 Å². The first-order valence-electron chi connectivity index (χ1n) is 8.06. The van der Waals surface area contributed by atoms with Crippen molar-refractivity contribution in [1.29, 1.82) is 0 Å². The smallest absolute Gasteiger partial charge is 0.235 e. The lowest BCUT2D eigenvalue weighted by molar-refractivity contribution is -0.120. The van der Waals surface area contributed by atoms with Crippen molar-refractivity contribution in [3.8, 4) is 0 Å². The molecule has 2 N–H and O–H groups in total. The first-order valence-corrected chi connectivity index (χ1v) is 9.21. The van der Waals surface area contributed by atoms with Gasteiger partial charge < -0.3 is 15.2 Å². The first kappa shape index (κ1) is 17.8. The van der Waals surface area contributed by atoms with Crippen LogP contribution in [-0.2, 0) is 9.59 Å². The van der Waals surface area contributed by atoms with Crippen LogP contribution in [-0.4, -0.2) is 34.5 Å². The van der Waals surface area contributed by atoms with E-state index in [0.717, 1.165) is 0 Å². The second kappa shape index (κ2) is 8.38. The van der Waals surface area contributed by atoms with Crippen molar-refractivity contribution in [1.82, 2.24) is 10.5 Å². The Morgan fingerprint density at radius 3 is 2.52 bits per heavy atom. The molecule has 1 saturated carbocycles. The molecule has 1 heterocycles. The van der Waals surface area contributed by atoms with Gasteiger partial charge in [0.2, 0.25) is 11.8 Å². The summed E-state index contributed by atoms with van der Waals surface area (Å²) in [7, 11) is 0. The summed E-state index contributed by atoms with van der Waals surface area (Å²) in [4.78, 5) is 23.8. The van der Waals surface area contributed by atoms with E-state index >= 15 is 0 Å². The number of hydrogen-bond donors (Lipinski definition) is 2. The highest BCUT2D eigenvalue weighted by Gasteiger charge is 2.28. The zero-order valence-electron chi connectivity index (χ0n) is 13.9. The Hall–Kier alpha value is -1.50. The average molecular weight is 339 g/mol. The monoisotopic (exact) mass is 339 g/mol. The van der Waals surface area contributed by atoms with Crippen molar-refractivity contribution in [3.63, 3.8) is 0 Å². The van der Waals surface area contributed by atoms with E-state index in [0.29, 0.717) is 29.2 Å². The molecular weight excluding hydrogens is 314 g/mol. The molecule has 0 radical (unpaired) electrons. The highest BCUT2D eigenvalue weighted by atomic mass is 32.2. The van der Waals surface area contributed by atoms with Gasteiger partial charge in [-0.15, -0.1) is 11.8 Å². The fourth-order valence-electron chi connectivity index (χ4n) is 3.03. The molecule has 0 bridgehead atoms. The van der Waals surface area contributed by atoms with Gasteiger partial charge in [-0.3, -0.25) is 9.59 Å². The Bertz CT molecular complexity index is 536. The Morgan fingerprint density at radius 2 is 1.91 bits per heavy atom. The van der Waals surface area contributed by atoms with E-state index in [9.17, 15) is 9.59 Å². The van der Waals surface area contributed by atoms with E-state index in [2.05, 4.69) is 29.6 Å². The Balaban J connectivity index is 1.67. The van der Waals surface area contributed by atoms with Crippen LogP contribution in [0.25, 0.3) is 0 Å². The van der Waals surface area contributed by atoms with Gasteiger partial charge in [0.1, 0.15) is 5.76 Å². The van der Waals surface area contributed by atoms with Crippen molar-refractivity contribution in [3.05, 3.63) is 11.8 Å². The van der Waals surface area contributed by atoms with Gasteiger partial charge in [-0.2, -0.15) is 0 Å². The number of hydrogen-bond acceptors (Lipinski definition) is 5. The normalized spacial score (nSPS) is 24.2. The number of carbonyl (C=O) groups is 2. The summed E-state index contributed by atoms with van der Waals surface area (Å²) in [6.07, 6.45) is 3.58. The van der Waals surface area contributed by atoms with E-state index in [4.69, 9.17) is 4.52 Å². The molecule has 1 aliphatic rings. The van der Waals surface area contributed by atoms with Gasteiger partial charge in [-0.05, 0) is 31.6 Å². The lowest BCUT2D eigenvalue weighted by Gasteiger charge is -2.35. The fourth-order valence-corrected chi connectivity index (χ4v) is 3.66. The third kappa shape index (κ3) is 5.57. The molecular formula is C16H25N3O3S. The lowest BCUT2D eigenvalue weighted by atomic mass is 9.79. The second-order valence-corrected chi connectivity index (χ2v) is 7.33.